The number of rotatable bonds is 14. The molecule has 12 heterocycles. The number of nitrogen functional groups attached to an aromatic ring is 1. The van der Waals surface area contributed by atoms with Gasteiger partial charge in [0.05, 0.1) is 29.2 Å². The van der Waals surface area contributed by atoms with E-state index in [1.165, 1.54) is 41.3 Å². The quantitative estimate of drug-likeness (QED) is 0.0446. The second-order valence-corrected chi connectivity index (χ2v) is 36.6. The topological polar surface area (TPSA) is 333 Å². The summed E-state index contributed by atoms with van der Waals surface area (Å²) in [5.74, 6) is 2.92. The van der Waals surface area contributed by atoms with E-state index in [1.54, 1.807) is 47.1 Å². The van der Waals surface area contributed by atoms with Crippen molar-refractivity contribution in [3.63, 3.8) is 0 Å². The van der Waals surface area contributed by atoms with Crippen molar-refractivity contribution in [2.75, 3.05) is 42.3 Å². The van der Waals surface area contributed by atoms with Gasteiger partial charge in [-0.25, -0.2) is 57.6 Å². The smallest absolute Gasteiger partial charge is 0.411 e. The summed E-state index contributed by atoms with van der Waals surface area (Å²) in [5, 5.41) is 26.5. The van der Waals surface area contributed by atoms with Gasteiger partial charge in [0.1, 0.15) is 27.4 Å². The summed E-state index contributed by atoms with van der Waals surface area (Å²) >= 11 is 1.46. The van der Waals surface area contributed by atoms with E-state index in [0.717, 1.165) is 84.6 Å². The molecule has 3 fully saturated rings. The Hall–Kier alpha value is -11.1. The van der Waals surface area contributed by atoms with E-state index in [-0.39, 0.29) is 70.5 Å². The molecule has 0 unspecified atom stereocenters. The number of hydrogen-bond acceptors (Lipinski definition) is 21. The molecule has 18 rings (SSSR count). The van der Waals surface area contributed by atoms with Gasteiger partial charge in [-0.3, -0.25) is 38.2 Å². The maximum atomic E-state index is 13.3. The number of nitrogens with two attached hydrogens (primary N) is 1. The standard InChI is InChI=1S/C30H38N8O3.C25H30N8O.C16H24N2O2.C15H18N6OS.ClH/c1-18(2)37-26(39)22-17-31-27(33-25(22)38(37)24-13-15-36(34-24)21-9-10-21)32-20-8-11-23-19(16-20)12-14-35(30(23,6)7)28(40)41-29(3,4)5;1-15(2)32-23(34)19-14-26-24(28-17-5-8-20-16(13-17)9-11-27-25(20,3)4)29-22(19)33(32)21-10-12-31(30-21)18-6-7-18;1-15(2,3)20-14(19)18-9-8-11-10-12(17)6-7-13(11)16(18,4)5;1-9(2)20-14(22)11-8-16-15(23-3)17-13(11)21(20)12-6-7-19(18-12)10-4-5-10;/h8,11,13,15-18,21H,9-10,12,14H2,1-7H3,(H,31,32,33);5,8,10,12-15,18,27H,6-7,9,11H2,1-4H3,(H,26,28,29);6-7,10H,8-9,17H2,1-5H3;6-10H,4-5H2,1-3H3;1H. The summed E-state index contributed by atoms with van der Waals surface area (Å²) < 4.78 is 27.7. The second-order valence-electron chi connectivity index (χ2n) is 35.9. The summed E-state index contributed by atoms with van der Waals surface area (Å²) in [4.78, 5) is 95.5. The van der Waals surface area contributed by atoms with Crippen LogP contribution in [-0.2, 0) is 45.4 Å². The Morgan fingerprint density at radius 3 is 1.24 bits per heavy atom. The van der Waals surface area contributed by atoms with Crippen molar-refractivity contribution in [2.24, 2.45) is 0 Å². The largest absolute Gasteiger partial charge is 0.444 e. The van der Waals surface area contributed by atoms with Crippen molar-refractivity contribution in [2.45, 2.75) is 252 Å². The predicted octanol–water partition coefficient (Wildman–Crippen LogP) is 15.4. The number of carbonyl (C=O) groups excluding carboxylic acids is 2. The average Bonchev–Trinajstić information content (AvgIpc) is 1.30. The normalized spacial score (nSPS) is 16.6. The molecule has 630 valence electrons. The van der Waals surface area contributed by atoms with Crippen LogP contribution in [0.3, 0.4) is 0 Å². The lowest BCUT2D eigenvalue weighted by atomic mass is 9.83. The molecule has 0 saturated heterocycles. The molecule has 3 aliphatic heterocycles. The van der Waals surface area contributed by atoms with Gasteiger partial charge < -0.3 is 31.2 Å². The Morgan fingerprint density at radius 1 is 0.504 bits per heavy atom. The first-order valence-electron chi connectivity index (χ1n) is 41.0. The monoisotopic (exact) mass is 1660 g/mol. The molecular formula is C86H111ClN24O7S. The molecule has 0 atom stereocenters. The van der Waals surface area contributed by atoms with Crippen molar-refractivity contribution in [1.82, 2.24) is 102 Å². The highest BCUT2D eigenvalue weighted by Crippen LogP contribution is 2.42. The number of halogens is 1. The van der Waals surface area contributed by atoms with Crippen LogP contribution in [0.5, 0.6) is 0 Å². The Bertz CT molecular complexity index is 6020. The van der Waals surface area contributed by atoms with Crippen LogP contribution in [0.4, 0.5) is 38.5 Å². The third-order valence-electron chi connectivity index (χ3n) is 22.3. The van der Waals surface area contributed by atoms with Gasteiger partial charge in [0, 0.05) is 109 Å². The predicted molar refractivity (Wildman–Crippen MR) is 466 cm³/mol. The first kappa shape index (κ1) is 84.3. The van der Waals surface area contributed by atoms with Crippen LogP contribution < -0.4 is 38.4 Å². The third-order valence-corrected chi connectivity index (χ3v) is 22.8. The first-order chi connectivity index (χ1) is 55.9. The molecule has 0 spiro atoms. The number of thioether (sulfide) groups is 1. The van der Waals surface area contributed by atoms with Crippen LogP contribution in [0.2, 0.25) is 0 Å². The molecule has 2 amide bonds. The lowest BCUT2D eigenvalue weighted by Gasteiger charge is -2.44. The minimum absolute atomic E-state index is 0. The summed E-state index contributed by atoms with van der Waals surface area (Å²) in [5.41, 5.74) is 15.0. The molecule has 119 heavy (non-hydrogen) atoms. The average molecular weight is 1660 g/mol. The zero-order valence-electron chi connectivity index (χ0n) is 71.5. The van der Waals surface area contributed by atoms with E-state index in [2.05, 4.69) is 79.1 Å². The molecule has 12 aromatic rings. The maximum Gasteiger partial charge on any atom is 0.411 e. The summed E-state index contributed by atoms with van der Waals surface area (Å²) in [6.07, 6.45) is 21.5. The molecule has 3 aliphatic carbocycles. The van der Waals surface area contributed by atoms with E-state index >= 15 is 0 Å². The molecule has 9 aromatic heterocycles. The molecule has 6 aliphatic rings. The Morgan fingerprint density at radius 2 is 0.866 bits per heavy atom. The highest BCUT2D eigenvalue weighted by molar-refractivity contribution is 7.98. The zero-order valence-corrected chi connectivity index (χ0v) is 73.2. The Balaban J connectivity index is 0.000000135. The van der Waals surface area contributed by atoms with Crippen LogP contribution >= 0.6 is 24.2 Å². The Kier molecular flexibility index (Phi) is 22.8. The van der Waals surface area contributed by atoms with E-state index < -0.39 is 16.7 Å². The van der Waals surface area contributed by atoms with Gasteiger partial charge in [0.25, 0.3) is 16.7 Å². The fraction of sp³-hybridized carbons (Fsp3) is 0.488. The van der Waals surface area contributed by atoms with Crippen molar-refractivity contribution >= 4 is 98.4 Å². The number of ether oxygens (including phenoxy) is 2. The number of nitrogens with zero attached hydrogens (tertiary/aromatic N) is 20. The van der Waals surface area contributed by atoms with Crippen LogP contribution in [0.25, 0.3) is 50.6 Å². The fourth-order valence-corrected chi connectivity index (χ4v) is 16.4. The van der Waals surface area contributed by atoms with Crippen LogP contribution in [-0.4, -0.2) is 146 Å². The summed E-state index contributed by atoms with van der Waals surface area (Å²) in [6.45, 7) is 37.9. The number of hydrogen-bond donors (Lipinski definition) is 4. The minimum Gasteiger partial charge on any atom is -0.444 e. The first-order valence-corrected chi connectivity index (χ1v) is 42.3. The highest BCUT2D eigenvalue weighted by atomic mass is 35.5. The SMILES string of the molecule is CC(C)(C)OC(=O)N1CCc2cc(N)ccc2C1(C)C.CC(C)n1c(=O)c2cnc(Nc3ccc4c(c3)CCN(C(=O)OC(C)(C)C)C4(C)C)nc2n1-c1ccn(C2CC2)n1.CC(C)n1c(=O)c2cnc(Nc3ccc4c(c3)CCNC4(C)C)nc2n1-c1ccn(C2CC2)n1.CSc1ncc2c(=O)n(C(C)C)n(-c3ccn(C4CC4)n3)c2n1.Cl. The lowest BCUT2D eigenvalue weighted by Crippen LogP contribution is -2.51. The van der Waals surface area contributed by atoms with E-state index in [0.29, 0.717) is 99.4 Å². The zero-order chi connectivity index (χ0) is 84.1. The van der Waals surface area contributed by atoms with Crippen molar-refractivity contribution in [3.05, 3.63) is 174 Å². The van der Waals surface area contributed by atoms with Gasteiger partial charge in [-0.15, -0.1) is 12.4 Å². The van der Waals surface area contributed by atoms with Crippen LogP contribution in [0.1, 0.15) is 233 Å². The number of benzene rings is 3. The number of amides is 2. The minimum atomic E-state index is -0.555. The molecular weight excluding hydrogens is 1550 g/mol. The lowest BCUT2D eigenvalue weighted by molar-refractivity contribution is -0.00147. The number of aromatic nitrogens is 18. The van der Waals surface area contributed by atoms with Gasteiger partial charge in [-0.05, 0) is 265 Å². The molecule has 31 nitrogen and oxygen atoms in total. The van der Waals surface area contributed by atoms with Crippen molar-refractivity contribution < 1.29 is 19.1 Å². The molecule has 3 saturated carbocycles. The van der Waals surface area contributed by atoms with Gasteiger partial charge in [-0.2, -0.15) is 25.3 Å². The fourth-order valence-electron chi connectivity index (χ4n) is 16.0. The number of carbonyl (C=O) groups is 2. The van der Waals surface area contributed by atoms with Gasteiger partial charge in [-0.1, -0.05) is 30.0 Å². The van der Waals surface area contributed by atoms with E-state index in [9.17, 15) is 24.0 Å². The van der Waals surface area contributed by atoms with Gasteiger partial charge in [0.2, 0.25) is 11.9 Å². The van der Waals surface area contributed by atoms with E-state index in [1.807, 2.05) is 208 Å². The third kappa shape index (κ3) is 17.1. The second kappa shape index (κ2) is 32.2. The van der Waals surface area contributed by atoms with Crippen molar-refractivity contribution in [3.8, 4) is 17.5 Å². The Labute approximate surface area is 701 Å². The van der Waals surface area contributed by atoms with Gasteiger partial charge >= 0.3 is 12.2 Å². The highest BCUT2D eigenvalue weighted by Gasteiger charge is 2.42. The van der Waals surface area contributed by atoms with Crippen LogP contribution in [0.15, 0.2) is 130 Å². The molecule has 0 bridgehead atoms. The van der Waals surface area contributed by atoms with Crippen molar-refractivity contribution in [1.29, 1.82) is 0 Å². The maximum absolute atomic E-state index is 13.3. The van der Waals surface area contributed by atoms with Gasteiger partial charge in [0.15, 0.2) is 39.6 Å². The summed E-state index contributed by atoms with van der Waals surface area (Å²) in [6, 6.07) is 25.5. The number of anilines is 5. The molecule has 33 heteroatoms. The number of nitrogens with one attached hydrogen (secondary N) is 3. The van der Waals surface area contributed by atoms with E-state index in [4.69, 9.17) is 35.4 Å². The number of fused-ring (bicyclic) bond motifs is 6. The van der Waals surface area contributed by atoms with Crippen LogP contribution in [0, 0.1) is 0 Å². The molecule has 5 N–H and O–H groups in total. The molecule has 0 radical (unpaired) electrons. The summed E-state index contributed by atoms with van der Waals surface area (Å²) in [7, 11) is 0. The molecule has 3 aromatic carbocycles.